The predicted molar refractivity (Wildman–Crippen MR) is 51.8 cm³/mol. The fourth-order valence-corrected chi connectivity index (χ4v) is 3.53. The molecule has 0 aromatic carbocycles. The van der Waals surface area contributed by atoms with Gasteiger partial charge in [0.05, 0.1) is 0 Å². The molecule has 1 saturated carbocycles. The maximum Gasteiger partial charge on any atom is 0.273 e. The summed E-state index contributed by atoms with van der Waals surface area (Å²) in [6.07, 6.45) is 3.06. The van der Waals surface area contributed by atoms with Gasteiger partial charge in [-0.2, -0.15) is 0 Å². The van der Waals surface area contributed by atoms with Gasteiger partial charge in [-0.15, -0.1) is 11.3 Å². The van der Waals surface area contributed by atoms with E-state index in [4.69, 9.17) is 5.73 Å². The van der Waals surface area contributed by atoms with Crippen LogP contribution in [0.15, 0.2) is 6.07 Å². The quantitative estimate of drug-likeness (QED) is 0.765. The summed E-state index contributed by atoms with van der Waals surface area (Å²) in [6.45, 7) is 0. The number of aryl methyl sites for hydroxylation is 2. The number of nitrogens with two attached hydrogens (primary N) is 1. The number of alkyl halides is 2. The summed E-state index contributed by atoms with van der Waals surface area (Å²) in [6, 6.07) is 1.90. The van der Waals surface area contributed by atoms with Crippen molar-refractivity contribution in [3.05, 3.63) is 21.4 Å². The molecule has 1 heterocycles. The molecule has 1 aromatic rings. The highest BCUT2D eigenvalue weighted by molar-refractivity contribution is 7.12. The predicted octanol–water partition coefficient (Wildman–Crippen LogP) is 2.43. The van der Waals surface area contributed by atoms with E-state index >= 15 is 0 Å². The van der Waals surface area contributed by atoms with Crippen molar-refractivity contribution in [2.75, 3.05) is 0 Å². The van der Waals surface area contributed by atoms with Crippen LogP contribution in [0.3, 0.4) is 0 Å². The SMILES string of the molecule is NC1(c2cc3c(s2)CCC3)CC1(F)F. The Kier molecular flexibility index (Phi) is 1.48. The van der Waals surface area contributed by atoms with Crippen LogP contribution in [0.2, 0.25) is 0 Å². The Morgan fingerprint density at radius 1 is 1.36 bits per heavy atom. The van der Waals surface area contributed by atoms with Gasteiger partial charge >= 0.3 is 0 Å². The molecule has 1 fully saturated rings. The first-order chi connectivity index (χ1) is 6.53. The lowest BCUT2D eigenvalue weighted by atomic mass is 10.2. The zero-order chi connectivity index (χ0) is 9.97. The van der Waals surface area contributed by atoms with Crippen molar-refractivity contribution in [2.45, 2.75) is 37.1 Å². The first kappa shape index (κ1) is 8.80. The van der Waals surface area contributed by atoms with Crippen molar-refractivity contribution in [3.63, 3.8) is 0 Å². The van der Waals surface area contributed by atoms with Crippen LogP contribution >= 0.6 is 11.3 Å². The molecule has 0 saturated heterocycles. The van der Waals surface area contributed by atoms with Gasteiger partial charge in [-0.1, -0.05) is 0 Å². The molecule has 0 bridgehead atoms. The van der Waals surface area contributed by atoms with E-state index in [9.17, 15) is 8.78 Å². The summed E-state index contributed by atoms with van der Waals surface area (Å²) < 4.78 is 26.0. The van der Waals surface area contributed by atoms with E-state index < -0.39 is 11.5 Å². The van der Waals surface area contributed by atoms with Crippen molar-refractivity contribution in [1.82, 2.24) is 0 Å². The fourth-order valence-electron chi connectivity index (χ4n) is 2.12. The van der Waals surface area contributed by atoms with E-state index in [1.54, 1.807) is 0 Å². The summed E-state index contributed by atoms with van der Waals surface area (Å²) in [5, 5.41) is 0. The van der Waals surface area contributed by atoms with Crippen LogP contribution in [0.25, 0.3) is 0 Å². The summed E-state index contributed by atoms with van der Waals surface area (Å²) >= 11 is 1.49. The van der Waals surface area contributed by atoms with Crippen LogP contribution in [0, 0.1) is 0 Å². The number of hydrogen-bond donors (Lipinski definition) is 1. The van der Waals surface area contributed by atoms with Gasteiger partial charge in [0.1, 0.15) is 5.54 Å². The highest BCUT2D eigenvalue weighted by Gasteiger charge is 2.70. The molecule has 0 amide bonds. The molecule has 2 aliphatic rings. The Hall–Kier alpha value is -0.480. The Morgan fingerprint density at radius 3 is 2.64 bits per heavy atom. The van der Waals surface area contributed by atoms with Gasteiger partial charge in [-0.05, 0) is 30.9 Å². The van der Waals surface area contributed by atoms with Gasteiger partial charge in [-0.3, -0.25) is 0 Å². The largest absolute Gasteiger partial charge is 0.316 e. The fraction of sp³-hybridized carbons (Fsp3) is 0.600. The third-order valence-electron chi connectivity index (χ3n) is 3.21. The molecule has 0 aliphatic heterocycles. The molecule has 1 aromatic heterocycles. The van der Waals surface area contributed by atoms with Crippen molar-refractivity contribution in [1.29, 1.82) is 0 Å². The minimum absolute atomic E-state index is 0.181. The van der Waals surface area contributed by atoms with Gasteiger partial charge in [0.15, 0.2) is 0 Å². The van der Waals surface area contributed by atoms with E-state index in [0.717, 1.165) is 19.3 Å². The van der Waals surface area contributed by atoms with Crippen LogP contribution in [-0.4, -0.2) is 5.92 Å². The lowest BCUT2D eigenvalue weighted by molar-refractivity contribution is 0.0899. The summed E-state index contributed by atoms with van der Waals surface area (Å²) in [4.78, 5) is 1.96. The first-order valence-electron chi connectivity index (χ1n) is 4.82. The molecule has 2 aliphatic carbocycles. The zero-order valence-corrected chi connectivity index (χ0v) is 8.46. The second kappa shape index (κ2) is 2.36. The van der Waals surface area contributed by atoms with Gasteiger partial charge in [-0.25, -0.2) is 8.78 Å². The summed E-state index contributed by atoms with van der Waals surface area (Å²) in [5.41, 5.74) is 5.58. The molecule has 4 heteroatoms. The van der Waals surface area contributed by atoms with Crippen LogP contribution in [-0.2, 0) is 18.4 Å². The number of rotatable bonds is 1. The minimum atomic E-state index is -2.68. The highest BCUT2D eigenvalue weighted by Crippen LogP contribution is 2.59. The second-order valence-electron chi connectivity index (χ2n) is 4.27. The highest BCUT2D eigenvalue weighted by atomic mass is 32.1. The third-order valence-corrected chi connectivity index (χ3v) is 4.63. The average Bonchev–Trinajstić information content (AvgIpc) is 2.51. The van der Waals surface area contributed by atoms with E-state index in [1.165, 1.54) is 21.8 Å². The third kappa shape index (κ3) is 0.956. The molecule has 1 atom stereocenters. The van der Waals surface area contributed by atoms with Crippen LogP contribution < -0.4 is 5.73 Å². The van der Waals surface area contributed by atoms with E-state index in [1.807, 2.05) is 6.07 Å². The van der Waals surface area contributed by atoms with Crippen LogP contribution in [0.5, 0.6) is 0 Å². The van der Waals surface area contributed by atoms with Gasteiger partial charge in [0, 0.05) is 16.2 Å². The number of hydrogen-bond acceptors (Lipinski definition) is 2. The van der Waals surface area contributed by atoms with E-state index in [0.29, 0.717) is 4.88 Å². The zero-order valence-electron chi connectivity index (χ0n) is 7.65. The van der Waals surface area contributed by atoms with Gasteiger partial charge in [0.2, 0.25) is 0 Å². The molecule has 1 unspecified atom stereocenters. The van der Waals surface area contributed by atoms with Crippen molar-refractivity contribution >= 4 is 11.3 Å². The molecular weight excluding hydrogens is 204 g/mol. The van der Waals surface area contributed by atoms with Crippen LogP contribution in [0.1, 0.15) is 28.2 Å². The Bertz CT molecular complexity index is 377. The maximum absolute atomic E-state index is 13.0. The normalized spacial score (nSPS) is 33.1. The molecule has 3 rings (SSSR count). The average molecular weight is 215 g/mol. The van der Waals surface area contributed by atoms with E-state index in [-0.39, 0.29) is 6.42 Å². The summed E-state index contributed by atoms with van der Waals surface area (Å²) in [7, 11) is 0. The molecule has 2 N–H and O–H groups in total. The molecule has 0 radical (unpaired) electrons. The lowest BCUT2D eigenvalue weighted by Gasteiger charge is -2.06. The summed E-state index contributed by atoms with van der Waals surface area (Å²) in [5.74, 6) is -2.68. The number of fused-ring (bicyclic) bond motifs is 1. The monoisotopic (exact) mass is 215 g/mol. The molecule has 1 nitrogen and oxygen atoms in total. The van der Waals surface area contributed by atoms with Gasteiger partial charge < -0.3 is 5.73 Å². The van der Waals surface area contributed by atoms with Gasteiger partial charge in [0.25, 0.3) is 5.92 Å². The smallest absolute Gasteiger partial charge is 0.273 e. The van der Waals surface area contributed by atoms with Crippen molar-refractivity contribution in [3.8, 4) is 0 Å². The molecule has 0 spiro atoms. The first-order valence-corrected chi connectivity index (χ1v) is 5.63. The minimum Gasteiger partial charge on any atom is -0.316 e. The second-order valence-corrected chi connectivity index (χ2v) is 5.40. The molecule has 76 valence electrons. The van der Waals surface area contributed by atoms with Crippen molar-refractivity contribution < 1.29 is 8.78 Å². The Labute approximate surface area is 84.9 Å². The molecule has 14 heavy (non-hydrogen) atoms. The lowest BCUT2D eigenvalue weighted by Crippen LogP contribution is -2.25. The van der Waals surface area contributed by atoms with E-state index in [2.05, 4.69) is 0 Å². The Balaban J connectivity index is 1.99. The topological polar surface area (TPSA) is 26.0 Å². The maximum atomic E-state index is 13.0. The Morgan fingerprint density at radius 2 is 2.07 bits per heavy atom. The molecular formula is C10H11F2NS. The van der Waals surface area contributed by atoms with Crippen molar-refractivity contribution in [2.24, 2.45) is 5.73 Å². The number of thiophene rings is 1. The standard InChI is InChI=1S/C10H11F2NS/c11-10(12)5-9(10,13)8-4-6-2-1-3-7(6)14-8/h4H,1-3,5,13H2. The number of halogens is 2. The van der Waals surface area contributed by atoms with Crippen LogP contribution in [0.4, 0.5) is 8.78 Å².